The van der Waals surface area contributed by atoms with Crippen molar-refractivity contribution in [3.63, 3.8) is 0 Å². The van der Waals surface area contributed by atoms with E-state index in [9.17, 15) is 15.0 Å². The number of aliphatic hydroxyl groups is 2. The van der Waals surface area contributed by atoms with Gasteiger partial charge in [0, 0.05) is 12.6 Å². The van der Waals surface area contributed by atoms with E-state index in [2.05, 4.69) is 6.92 Å². The van der Waals surface area contributed by atoms with Gasteiger partial charge in [0.25, 0.3) is 0 Å². The van der Waals surface area contributed by atoms with Gasteiger partial charge < -0.3 is 15.1 Å². The maximum Gasteiger partial charge on any atom is 0.246 e. The number of likely N-dealkylation sites (tertiary alicyclic amines) is 1. The van der Waals surface area contributed by atoms with Crippen LogP contribution in [-0.4, -0.2) is 46.3 Å². The molecule has 0 spiro atoms. The van der Waals surface area contributed by atoms with Crippen LogP contribution in [0.25, 0.3) is 0 Å². The second kappa shape index (κ2) is 10.4. The largest absolute Gasteiger partial charge is 0.394 e. The number of hydrogen-bond acceptors (Lipinski definition) is 3. The minimum absolute atomic E-state index is 0.0310. The molecule has 1 aliphatic rings. The lowest BCUT2D eigenvalue weighted by Crippen LogP contribution is -2.36. The molecule has 0 saturated carbocycles. The standard InChI is InChI=1S/C18H29NO3/c1-3-4-10-17(21)13-15(2)8-5-6-11-18(22)19-12-7-9-16(19)14-20/h5-6,8,11,13,16-17,20-21H,3-4,7,9-10,12,14H2,1-2H3/b8-5+,11-6+,15-13+/t16-,17-/m1/s1. The number of aliphatic hydroxyl groups excluding tert-OH is 2. The molecule has 0 aliphatic carbocycles. The topological polar surface area (TPSA) is 60.8 Å². The molecule has 4 heteroatoms. The molecule has 1 amide bonds. The summed E-state index contributed by atoms with van der Waals surface area (Å²) in [5.74, 6) is -0.0502. The van der Waals surface area contributed by atoms with Crippen molar-refractivity contribution in [2.45, 2.75) is 58.1 Å². The Morgan fingerprint density at radius 3 is 2.77 bits per heavy atom. The molecule has 1 saturated heterocycles. The van der Waals surface area contributed by atoms with Gasteiger partial charge in [0.1, 0.15) is 0 Å². The number of nitrogens with zero attached hydrogens (tertiary/aromatic N) is 1. The number of carbonyl (C=O) groups is 1. The van der Waals surface area contributed by atoms with E-state index in [-0.39, 0.29) is 18.6 Å². The van der Waals surface area contributed by atoms with Crippen LogP contribution in [0.5, 0.6) is 0 Å². The second-order valence-electron chi connectivity index (χ2n) is 5.85. The van der Waals surface area contributed by atoms with E-state index in [1.807, 2.05) is 19.1 Å². The maximum atomic E-state index is 12.0. The molecule has 0 unspecified atom stereocenters. The molecule has 22 heavy (non-hydrogen) atoms. The molecule has 124 valence electrons. The monoisotopic (exact) mass is 307 g/mol. The fourth-order valence-corrected chi connectivity index (χ4v) is 2.61. The summed E-state index contributed by atoms with van der Waals surface area (Å²) in [7, 11) is 0. The van der Waals surface area contributed by atoms with Crippen molar-refractivity contribution in [1.29, 1.82) is 0 Å². The second-order valence-corrected chi connectivity index (χ2v) is 5.85. The molecule has 1 aliphatic heterocycles. The Hall–Kier alpha value is -1.39. The highest BCUT2D eigenvalue weighted by Gasteiger charge is 2.26. The van der Waals surface area contributed by atoms with Gasteiger partial charge in [-0.1, -0.05) is 49.6 Å². The van der Waals surface area contributed by atoms with Crippen molar-refractivity contribution in [2.75, 3.05) is 13.2 Å². The Morgan fingerprint density at radius 1 is 1.36 bits per heavy atom. The third kappa shape index (κ3) is 6.58. The number of allylic oxidation sites excluding steroid dienone is 4. The van der Waals surface area contributed by atoms with Crippen molar-refractivity contribution in [3.05, 3.63) is 36.0 Å². The summed E-state index contributed by atoms with van der Waals surface area (Å²) < 4.78 is 0. The van der Waals surface area contributed by atoms with Crippen molar-refractivity contribution in [2.24, 2.45) is 0 Å². The predicted octanol–water partition coefficient (Wildman–Crippen LogP) is 2.58. The van der Waals surface area contributed by atoms with Gasteiger partial charge in [-0.2, -0.15) is 0 Å². The van der Waals surface area contributed by atoms with Crippen molar-refractivity contribution in [3.8, 4) is 0 Å². The van der Waals surface area contributed by atoms with Gasteiger partial charge in [0.05, 0.1) is 18.8 Å². The highest BCUT2D eigenvalue weighted by Crippen LogP contribution is 2.16. The highest BCUT2D eigenvalue weighted by atomic mass is 16.3. The van der Waals surface area contributed by atoms with Crippen LogP contribution in [0, 0.1) is 0 Å². The van der Waals surface area contributed by atoms with Gasteiger partial charge in [0.15, 0.2) is 0 Å². The van der Waals surface area contributed by atoms with E-state index >= 15 is 0 Å². The normalized spacial score (nSPS) is 21.2. The summed E-state index contributed by atoms with van der Waals surface area (Å²) in [5, 5.41) is 19.0. The smallest absolute Gasteiger partial charge is 0.246 e. The molecule has 4 nitrogen and oxygen atoms in total. The molecule has 1 fully saturated rings. The summed E-state index contributed by atoms with van der Waals surface area (Å²) in [4.78, 5) is 13.7. The van der Waals surface area contributed by atoms with Gasteiger partial charge in [-0.3, -0.25) is 4.79 Å². The van der Waals surface area contributed by atoms with Gasteiger partial charge >= 0.3 is 0 Å². The van der Waals surface area contributed by atoms with Gasteiger partial charge in [-0.05, 0) is 26.2 Å². The van der Waals surface area contributed by atoms with Crippen molar-refractivity contribution in [1.82, 2.24) is 4.90 Å². The van der Waals surface area contributed by atoms with E-state index in [1.165, 1.54) is 6.08 Å². The molecule has 0 aromatic carbocycles. The van der Waals surface area contributed by atoms with Crippen LogP contribution >= 0.6 is 0 Å². The molecule has 0 aromatic rings. The minimum Gasteiger partial charge on any atom is -0.394 e. The number of amides is 1. The van der Waals surface area contributed by atoms with Gasteiger partial charge in [-0.25, -0.2) is 0 Å². The average Bonchev–Trinajstić information content (AvgIpc) is 2.97. The summed E-state index contributed by atoms with van der Waals surface area (Å²) >= 11 is 0. The molecular formula is C18H29NO3. The Bertz CT molecular complexity index is 426. The van der Waals surface area contributed by atoms with Crippen molar-refractivity contribution < 1.29 is 15.0 Å². The van der Waals surface area contributed by atoms with E-state index in [4.69, 9.17) is 0 Å². The van der Waals surface area contributed by atoms with E-state index in [0.717, 1.165) is 44.2 Å². The molecule has 1 rings (SSSR count). The Balaban J connectivity index is 2.43. The molecule has 2 atom stereocenters. The van der Waals surface area contributed by atoms with Crippen LogP contribution in [0.1, 0.15) is 46.0 Å². The molecular weight excluding hydrogens is 278 g/mol. The van der Waals surface area contributed by atoms with Crippen LogP contribution < -0.4 is 0 Å². The Morgan fingerprint density at radius 2 is 2.09 bits per heavy atom. The quantitative estimate of drug-likeness (QED) is 0.535. The summed E-state index contributed by atoms with van der Waals surface area (Å²) in [6, 6.07) is -0.0310. The minimum atomic E-state index is -0.398. The maximum absolute atomic E-state index is 12.0. The number of hydrogen-bond donors (Lipinski definition) is 2. The molecule has 0 bridgehead atoms. The predicted molar refractivity (Wildman–Crippen MR) is 89.4 cm³/mol. The van der Waals surface area contributed by atoms with Crippen LogP contribution in [0.15, 0.2) is 36.0 Å². The van der Waals surface area contributed by atoms with Gasteiger partial charge in [-0.15, -0.1) is 0 Å². The van der Waals surface area contributed by atoms with E-state index in [1.54, 1.807) is 17.1 Å². The highest BCUT2D eigenvalue weighted by molar-refractivity contribution is 5.88. The van der Waals surface area contributed by atoms with Crippen LogP contribution in [0.3, 0.4) is 0 Å². The number of rotatable bonds is 8. The van der Waals surface area contributed by atoms with Crippen LogP contribution in [0.2, 0.25) is 0 Å². The first-order chi connectivity index (χ1) is 10.6. The first-order valence-electron chi connectivity index (χ1n) is 8.21. The summed E-state index contributed by atoms with van der Waals surface area (Å²) in [6.45, 7) is 4.80. The lowest BCUT2D eigenvalue weighted by Gasteiger charge is -2.21. The zero-order chi connectivity index (χ0) is 16.4. The molecule has 0 aromatic heterocycles. The first-order valence-corrected chi connectivity index (χ1v) is 8.21. The van der Waals surface area contributed by atoms with Gasteiger partial charge in [0.2, 0.25) is 5.91 Å². The molecule has 0 radical (unpaired) electrons. The van der Waals surface area contributed by atoms with Crippen LogP contribution in [0.4, 0.5) is 0 Å². The number of unbranched alkanes of at least 4 members (excludes halogenated alkanes) is 1. The van der Waals surface area contributed by atoms with Crippen LogP contribution in [-0.2, 0) is 4.79 Å². The SMILES string of the molecule is CCCC[C@@H](O)/C=C(C)/C=C/C=C/C(=O)N1CCC[C@@H]1CO. The summed E-state index contributed by atoms with van der Waals surface area (Å²) in [6.07, 6.45) is 13.1. The average molecular weight is 307 g/mol. The third-order valence-corrected chi connectivity index (χ3v) is 3.89. The van der Waals surface area contributed by atoms with Crippen molar-refractivity contribution >= 4 is 5.91 Å². The van der Waals surface area contributed by atoms with E-state index < -0.39 is 6.10 Å². The Kier molecular flexibility index (Phi) is 8.78. The summed E-state index contributed by atoms with van der Waals surface area (Å²) in [5.41, 5.74) is 0.982. The zero-order valence-electron chi connectivity index (χ0n) is 13.7. The first kappa shape index (κ1) is 18.7. The fraction of sp³-hybridized carbons (Fsp3) is 0.611. The molecule has 1 heterocycles. The lowest BCUT2D eigenvalue weighted by atomic mass is 10.1. The van der Waals surface area contributed by atoms with E-state index in [0.29, 0.717) is 0 Å². The third-order valence-electron chi connectivity index (χ3n) is 3.89. The zero-order valence-corrected chi connectivity index (χ0v) is 13.7. The lowest BCUT2D eigenvalue weighted by molar-refractivity contribution is -0.127. The fourth-order valence-electron chi connectivity index (χ4n) is 2.61. The number of carbonyl (C=O) groups excluding carboxylic acids is 1. The molecule has 2 N–H and O–H groups in total. The Labute approximate surface area is 133 Å².